The standard InChI is InChI=1S/C18H22N4O3S/c1-2-22(16-7-10-26(24,25)13-16)15-6-9-20-17(11-15)18(23)21-12-14-5-3-4-8-19-14/h3-6,8-9,11,16H,2,7,10,12-13H2,1H3,(H,21,23). The van der Waals surface area contributed by atoms with Crippen LogP contribution in [0.4, 0.5) is 5.69 Å². The topological polar surface area (TPSA) is 92.3 Å². The van der Waals surface area contributed by atoms with Crippen LogP contribution in [0.25, 0.3) is 0 Å². The van der Waals surface area contributed by atoms with E-state index in [-0.39, 0.29) is 23.5 Å². The number of nitrogens with one attached hydrogen (secondary N) is 1. The lowest BCUT2D eigenvalue weighted by atomic mass is 10.2. The molecule has 1 aliphatic rings. The van der Waals surface area contributed by atoms with Gasteiger partial charge in [-0.25, -0.2) is 8.42 Å². The summed E-state index contributed by atoms with van der Waals surface area (Å²) in [5, 5.41) is 2.80. The van der Waals surface area contributed by atoms with Gasteiger partial charge in [0.15, 0.2) is 9.84 Å². The first-order chi connectivity index (χ1) is 12.5. The van der Waals surface area contributed by atoms with Gasteiger partial charge in [0.2, 0.25) is 0 Å². The first-order valence-electron chi connectivity index (χ1n) is 8.60. The highest BCUT2D eigenvalue weighted by atomic mass is 32.2. The summed E-state index contributed by atoms with van der Waals surface area (Å²) in [6, 6.07) is 8.98. The number of nitrogens with zero attached hydrogens (tertiary/aromatic N) is 3. The first kappa shape index (κ1) is 18.3. The van der Waals surface area contributed by atoms with Gasteiger partial charge in [-0.1, -0.05) is 6.07 Å². The molecule has 8 heteroatoms. The lowest BCUT2D eigenvalue weighted by molar-refractivity contribution is 0.0945. The Labute approximate surface area is 153 Å². The van der Waals surface area contributed by atoms with E-state index in [1.165, 1.54) is 0 Å². The van der Waals surface area contributed by atoms with Crippen LogP contribution in [0.15, 0.2) is 42.7 Å². The largest absolute Gasteiger partial charge is 0.368 e. The number of carbonyl (C=O) groups is 1. The van der Waals surface area contributed by atoms with Crippen LogP contribution in [0.2, 0.25) is 0 Å². The molecule has 0 radical (unpaired) electrons. The van der Waals surface area contributed by atoms with E-state index in [1.54, 1.807) is 18.5 Å². The number of aromatic nitrogens is 2. The van der Waals surface area contributed by atoms with Crippen molar-refractivity contribution >= 4 is 21.4 Å². The molecule has 3 heterocycles. The molecule has 2 aromatic rings. The number of carbonyl (C=O) groups excluding carboxylic acids is 1. The summed E-state index contributed by atoms with van der Waals surface area (Å²) in [7, 11) is -2.97. The van der Waals surface area contributed by atoms with Gasteiger partial charge in [0.25, 0.3) is 5.91 Å². The molecule has 0 aromatic carbocycles. The number of amides is 1. The molecule has 3 rings (SSSR count). The second-order valence-corrected chi connectivity index (χ2v) is 8.47. The molecule has 1 amide bonds. The second-order valence-electron chi connectivity index (χ2n) is 6.25. The number of rotatable bonds is 6. The van der Waals surface area contributed by atoms with Crippen LogP contribution in [0, 0.1) is 0 Å². The average molecular weight is 374 g/mol. The number of sulfone groups is 1. The van der Waals surface area contributed by atoms with E-state index in [9.17, 15) is 13.2 Å². The molecule has 0 saturated carbocycles. The highest BCUT2D eigenvalue weighted by Gasteiger charge is 2.32. The quantitative estimate of drug-likeness (QED) is 0.822. The molecule has 0 aliphatic carbocycles. The lowest BCUT2D eigenvalue weighted by Crippen LogP contribution is -2.36. The van der Waals surface area contributed by atoms with Crippen molar-refractivity contribution in [3.05, 3.63) is 54.1 Å². The molecule has 26 heavy (non-hydrogen) atoms. The Morgan fingerprint density at radius 2 is 2.12 bits per heavy atom. The van der Waals surface area contributed by atoms with Crippen LogP contribution in [-0.4, -0.2) is 48.4 Å². The monoisotopic (exact) mass is 374 g/mol. The van der Waals surface area contributed by atoms with E-state index in [0.29, 0.717) is 25.2 Å². The molecule has 0 bridgehead atoms. The van der Waals surface area contributed by atoms with Crippen molar-refractivity contribution in [2.45, 2.75) is 25.9 Å². The van der Waals surface area contributed by atoms with Crippen molar-refractivity contribution < 1.29 is 13.2 Å². The molecule has 2 aromatic heterocycles. The molecular weight excluding hydrogens is 352 g/mol. The molecule has 1 saturated heterocycles. The van der Waals surface area contributed by atoms with Crippen LogP contribution in [-0.2, 0) is 16.4 Å². The lowest BCUT2D eigenvalue weighted by Gasteiger charge is -2.29. The first-order valence-corrected chi connectivity index (χ1v) is 10.4. The zero-order chi connectivity index (χ0) is 18.6. The fourth-order valence-corrected chi connectivity index (χ4v) is 4.89. The van der Waals surface area contributed by atoms with Gasteiger partial charge in [0, 0.05) is 30.7 Å². The Kier molecular flexibility index (Phi) is 5.51. The van der Waals surface area contributed by atoms with Crippen molar-refractivity contribution in [1.29, 1.82) is 0 Å². The Morgan fingerprint density at radius 3 is 2.77 bits per heavy atom. The van der Waals surface area contributed by atoms with Gasteiger partial charge < -0.3 is 10.2 Å². The van der Waals surface area contributed by atoms with E-state index in [4.69, 9.17) is 0 Å². The molecule has 1 aliphatic heterocycles. The van der Waals surface area contributed by atoms with E-state index in [1.807, 2.05) is 36.1 Å². The fraction of sp³-hybridized carbons (Fsp3) is 0.389. The van der Waals surface area contributed by atoms with Gasteiger partial charge in [-0.15, -0.1) is 0 Å². The summed E-state index contributed by atoms with van der Waals surface area (Å²) in [6.45, 7) is 2.97. The fourth-order valence-electron chi connectivity index (χ4n) is 3.16. The summed E-state index contributed by atoms with van der Waals surface area (Å²) < 4.78 is 23.6. The van der Waals surface area contributed by atoms with Crippen LogP contribution in [0.1, 0.15) is 29.5 Å². The average Bonchev–Trinajstić information content (AvgIpc) is 3.01. The third-order valence-corrected chi connectivity index (χ3v) is 6.20. The summed E-state index contributed by atoms with van der Waals surface area (Å²) in [6.07, 6.45) is 3.87. The Balaban J connectivity index is 1.71. The van der Waals surface area contributed by atoms with E-state index in [0.717, 1.165) is 11.4 Å². The van der Waals surface area contributed by atoms with Crippen molar-refractivity contribution in [3.8, 4) is 0 Å². The predicted octanol–water partition coefficient (Wildman–Crippen LogP) is 1.42. The molecule has 7 nitrogen and oxygen atoms in total. The highest BCUT2D eigenvalue weighted by molar-refractivity contribution is 7.91. The zero-order valence-corrected chi connectivity index (χ0v) is 15.4. The smallest absolute Gasteiger partial charge is 0.270 e. The molecular formula is C18H22N4O3S. The molecule has 1 N–H and O–H groups in total. The summed E-state index contributed by atoms with van der Waals surface area (Å²) >= 11 is 0. The summed E-state index contributed by atoms with van der Waals surface area (Å²) in [5.74, 6) is 0.0914. The molecule has 1 fully saturated rings. The van der Waals surface area contributed by atoms with Gasteiger partial charge in [-0.3, -0.25) is 14.8 Å². The van der Waals surface area contributed by atoms with E-state index >= 15 is 0 Å². The number of hydrogen-bond acceptors (Lipinski definition) is 6. The summed E-state index contributed by atoms with van der Waals surface area (Å²) in [4.78, 5) is 22.7. The maximum atomic E-state index is 12.4. The van der Waals surface area contributed by atoms with E-state index in [2.05, 4.69) is 15.3 Å². The zero-order valence-electron chi connectivity index (χ0n) is 14.6. The van der Waals surface area contributed by atoms with Crippen molar-refractivity contribution in [1.82, 2.24) is 15.3 Å². The van der Waals surface area contributed by atoms with Gasteiger partial charge in [-0.05, 0) is 37.6 Å². The molecule has 138 valence electrons. The van der Waals surface area contributed by atoms with E-state index < -0.39 is 9.84 Å². The minimum Gasteiger partial charge on any atom is -0.368 e. The minimum atomic E-state index is -2.97. The van der Waals surface area contributed by atoms with Crippen LogP contribution >= 0.6 is 0 Å². The molecule has 1 unspecified atom stereocenters. The number of hydrogen-bond donors (Lipinski definition) is 1. The number of anilines is 1. The van der Waals surface area contributed by atoms with Crippen molar-refractivity contribution in [2.75, 3.05) is 23.0 Å². The maximum Gasteiger partial charge on any atom is 0.270 e. The van der Waals surface area contributed by atoms with Gasteiger partial charge in [0.05, 0.1) is 23.7 Å². The number of pyridine rings is 2. The Morgan fingerprint density at radius 1 is 1.27 bits per heavy atom. The third-order valence-electron chi connectivity index (χ3n) is 4.45. The predicted molar refractivity (Wildman–Crippen MR) is 99.7 cm³/mol. The SMILES string of the molecule is CCN(c1ccnc(C(=O)NCc2ccccn2)c1)C1CCS(=O)(=O)C1. The van der Waals surface area contributed by atoms with Crippen molar-refractivity contribution in [2.24, 2.45) is 0 Å². The molecule has 0 spiro atoms. The normalized spacial score (nSPS) is 18.4. The Hall–Kier alpha value is -2.48. The van der Waals surface area contributed by atoms with Gasteiger partial charge in [-0.2, -0.15) is 0 Å². The summed E-state index contributed by atoms with van der Waals surface area (Å²) in [5.41, 5.74) is 1.88. The van der Waals surface area contributed by atoms with Crippen molar-refractivity contribution in [3.63, 3.8) is 0 Å². The van der Waals surface area contributed by atoms with Crippen LogP contribution in [0.5, 0.6) is 0 Å². The minimum absolute atomic E-state index is 0.0585. The second kappa shape index (κ2) is 7.82. The Bertz CT molecular complexity index is 871. The van der Waals surface area contributed by atoms with Crippen LogP contribution < -0.4 is 10.2 Å². The van der Waals surface area contributed by atoms with Gasteiger partial charge >= 0.3 is 0 Å². The van der Waals surface area contributed by atoms with Gasteiger partial charge in [0.1, 0.15) is 5.69 Å². The van der Waals surface area contributed by atoms with Crippen LogP contribution in [0.3, 0.4) is 0 Å². The molecule has 1 atom stereocenters. The highest BCUT2D eigenvalue weighted by Crippen LogP contribution is 2.24. The third kappa shape index (κ3) is 4.37. The maximum absolute atomic E-state index is 12.4.